The number of nitrogens with one attached hydrogen (secondary N) is 2. The molecule has 27 heavy (non-hydrogen) atoms. The van der Waals surface area contributed by atoms with E-state index < -0.39 is 10.0 Å². The number of para-hydroxylation sites is 1. The van der Waals surface area contributed by atoms with E-state index in [2.05, 4.69) is 15.0 Å². The predicted molar refractivity (Wildman–Crippen MR) is 105 cm³/mol. The molecule has 1 amide bonds. The van der Waals surface area contributed by atoms with Crippen LogP contribution in [0.25, 0.3) is 0 Å². The summed E-state index contributed by atoms with van der Waals surface area (Å²) in [5.74, 6) is 0.0850. The Hall–Kier alpha value is -3.19. The minimum atomic E-state index is -3.74. The number of amides is 1. The topological polar surface area (TPSA) is 88.2 Å². The highest BCUT2D eigenvalue weighted by atomic mass is 32.2. The first-order valence-electron chi connectivity index (χ1n) is 8.28. The van der Waals surface area contributed by atoms with Gasteiger partial charge in [-0.1, -0.05) is 18.2 Å². The molecule has 3 aromatic rings. The third kappa shape index (κ3) is 4.51. The molecule has 138 valence electrons. The van der Waals surface area contributed by atoms with Crippen LogP contribution in [0.5, 0.6) is 0 Å². The molecule has 2 aromatic carbocycles. The van der Waals surface area contributed by atoms with Crippen molar-refractivity contribution in [1.82, 2.24) is 4.98 Å². The molecule has 0 aliphatic heterocycles. The van der Waals surface area contributed by atoms with Gasteiger partial charge in [-0.05, 0) is 67.4 Å². The maximum absolute atomic E-state index is 12.5. The molecule has 0 bridgehead atoms. The second-order valence-corrected chi connectivity index (χ2v) is 7.80. The lowest BCUT2D eigenvalue weighted by Gasteiger charge is -2.11. The molecule has 3 rings (SSSR count). The van der Waals surface area contributed by atoms with Crippen LogP contribution < -0.4 is 10.0 Å². The first-order valence-corrected chi connectivity index (χ1v) is 9.76. The molecule has 7 heteroatoms. The number of carbonyl (C=O) groups excluding carboxylic acids is 1. The number of carbonyl (C=O) groups is 1. The molecule has 0 saturated carbocycles. The summed E-state index contributed by atoms with van der Waals surface area (Å²) in [7, 11) is -3.74. The number of hydrogen-bond donors (Lipinski definition) is 2. The number of sulfonamides is 1. The van der Waals surface area contributed by atoms with Gasteiger partial charge in [0, 0.05) is 11.8 Å². The van der Waals surface area contributed by atoms with Crippen molar-refractivity contribution in [3.8, 4) is 0 Å². The van der Waals surface area contributed by atoms with Crippen molar-refractivity contribution in [2.45, 2.75) is 18.7 Å². The summed E-state index contributed by atoms with van der Waals surface area (Å²) in [6.45, 7) is 3.73. The van der Waals surface area contributed by atoms with Gasteiger partial charge in [-0.25, -0.2) is 13.4 Å². The maximum atomic E-state index is 12.5. The molecule has 2 N–H and O–H groups in total. The molecule has 0 spiro atoms. The molecule has 1 heterocycles. The zero-order valence-corrected chi connectivity index (χ0v) is 15.7. The van der Waals surface area contributed by atoms with Gasteiger partial charge in [0.1, 0.15) is 5.82 Å². The van der Waals surface area contributed by atoms with Crippen molar-refractivity contribution in [1.29, 1.82) is 0 Å². The Balaban J connectivity index is 1.76. The van der Waals surface area contributed by atoms with Crippen LogP contribution in [-0.2, 0) is 10.0 Å². The van der Waals surface area contributed by atoms with Crippen LogP contribution >= 0.6 is 0 Å². The van der Waals surface area contributed by atoms with E-state index in [1.165, 1.54) is 24.3 Å². The molecule has 0 radical (unpaired) electrons. The van der Waals surface area contributed by atoms with Crippen molar-refractivity contribution in [2.24, 2.45) is 0 Å². The Kier molecular flexibility index (Phi) is 5.23. The predicted octanol–water partition coefficient (Wildman–Crippen LogP) is 3.75. The van der Waals surface area contributed by atoms with Crippen molar-refractivity contribution in [2.75, 3.05) is 10.0 Å². The number of rotatable bonds is 5. The highest BCUT2D eigenvalue weighted by Crippen LogP contribution is 2.20. The van der Waals surface area contributed by atoms with Gasteiger partial charge in [0.25, 0.3) is 15.9 Å². The van der Waals surface area contributed by atoms with Gasteiger partial charge in [0.05, 0.1) is 10.6 Å². The van der Waals surface area contributed by atoms with E-state index in [0.717, 1.165) is 11.1 Å². The Labute approximate surface area is 158 Å². The second kappa shape index (κ2) is 7.59. The fraction of sp³-hybridized carbons (Fsp3) is 0.100. The van der Waals surface area contributed by atoms with Crippen molar-refractivity contribution in [3.05, 3.63) is 83.6 Å². The lowest BCUT2D eigenvalue weighted by Crippen LogP contribution is -2.15. The van der Waals surface area contributed by atoms with Crippen LogP contribution in [0.4, 0.5) is 11.5 Å². The molecule has 1 aromatic heterocycles. The first kappa shape index (κ1) is 18.6. The molecule has 0 fully saturated rings. The Morgan fingerprint density at radius 1 is 0.963 bits per heavy atom. The third-order valence-electron chi connectivity index (χ3n) is 3.97. The van der Waals surface area contributed by atoms with E-state index in [1.807, 2.05) is 32.0 Å². The lowest BCUT2D eigenvalue weighted by molar-refractivity contribution is 0.102. The van der Waals surface area contributed by atoms with E-state index in [1.54, 1.807) is 24.4 Å². The standard InChI is InChI=1S/C20H19N3O3S/c1-14-11-12-21-19(13-14)22-20(24)16-7-9-17(10-8-16)27(25,26)23-18-6-4-3-5-15(18)2/h3-13,23H,1-2H3,(H,21,22,24). The van der Waals surface area contributed by atoms with Gasteiger partial charge in [-0.2, -0.15) is 0 Å². The number of benzene rings is 2. The SMILES string of the molecule is Cc1ccnc(NC(=O)c2ccc(S(=O)(=O)Nc3ccccc3C)cc2)c1. The third-order valence-corrected chi connectivity index (χ3v) is 5.35. The van der Waals surface area contributed by atoms with E-state index in [4.69, 9.17) is 0 Å². The van der Waals surface area contributed by atoms with Crippen LogP contribution in [0.2, 0.25) is 0 Å². The maximum Gasteiger partial charge on any atom is 0.261 e. The van der Waals surface area contributed by atoms with Crippen LogP contribution in [-0.4, -0.2) is 19.3 Å². The van der Waals surface area contributed by atoms with Crippen molar-refractivity contribution in [3.63, 3.8) is 0 Å². The minimum absolute atomic E-state index is 0.0796. The van der Waals surface area contributed by atoms with E-state index >= 15 is 0 Å². The summed E-state index contributed by atoms with van der Waals surface area (Å²) in [4.78, 5) is 16.5. The van der Waals surface area contributed by atoms with Gasteiger partial charge in [0.2, 0.25) is 0 Å². The van der Waals surface area contributed by atoms with Crippen LogP contribution in [0.15, 0.2) is 71.8 Å². The average Bonchev–Trinajstić information content (AvgIpc) is 2.64. The smallest absolute Gasteiger partial charge is 0.261 e. The molecule has 0 aliphatic rings. The van der Waals surface area contributed by atoms with E-state index in [-0.39, 0.29) is 10.8 Å². The lowest BCUT2D eigenvalue weighted by atomic mass is 10.2. The fourth-order valence-electron chi connectivity index (χ4n) is 2.47. The number of aryl methyl sites for hydroxylation is 2. The summed E-state index contributed by atoms with van der Waals surface area (Å²) in [5, 5.41) is 2.69. The van der Waals surface area contributed by atoms with Gasteiger partial charge in [0.15, 0.2) is 0 Å². The number of aromatic nitrogens is 1. The number of anilines is 2. The molecule has 0 atom stereocenters. The van der Waals surface area contributed by atoms with Crippen molar-refractivity contribution < 1.29 is 13.2 Å². The van der Waals surface area contributed by atoms with Gasteiger partial charge in [-0.3, -0.25) is 9.52 Å². The minimum Gasteiger partial charge on any atom is -0.307 e. The number of hydrogen-bond acceptors (Lipinski definition) is 4. The van der Waals surface area contributed by atoms with Crippen LogP contribution in [0, 0.1) is 13.8 Å². The summed E-state index contributed by atoms with van der Waals surface area (Å²) < 4.78 is 27.6. The summed E-state index contributed by atoms with van der Waals surface area (Å²) in [5.41, 5.74) is 2.66. The summed E-state index contributed by atoms with van der Waals surface area (Å²) in [6.07, 6.45) is 1.61. The summed E-state index contributed by atoms with van der Waals surface area (Å²) >= 11 is 0. The number of nitrogens with zero attached hydrogens (tertiary/aromatic N) is 1. The highest BCUT2D eigenvalue weighted by molar-refractivity contribution is 7.92. The molecular weight excluding hydrogens is 362 g/mol. The monoisotopic (exact) mass is 381 g/mol. The van der Waals surface area contributed by atoms with Gasteiger partial charge >= 0.3 is 0 Å². The quantitative estimate of drug-likeness (QED) is 0.704. The summed E-state index contributed by atoms with van der Waals surface area (Å²) in [6, 6.07) is 16.4. The van der Waals surface area contributed by atoms with Crippen molar-refractivity contribution >= 4 is 27.4 Å². The van der Waals surface area contributed by atoms with Gasteiger partial charge < -0.3 is 5.32 Å². The second-order valence-electron chi connectivity index (χ2n) is 6.12. The molecule has 0 unspecified atom stereocenters. The first-order chi connectivity index (χ1) is 12.8. The zero-order chi connectivity index (χ0) is 19.4. The number of pyridine rings is 1. The van der Waals surface area contributed by atoms with Crippen LogP contribution in [0.1, 0.15) is 21.5 Å². The molecular formula is C20H19N3O3S. The largest absolute Gasteiger partial charge is 0.307 e. The Morgan fingerprint density at radius 2 is 1.67 bits per heavy atom. The highest BCUT2D eigenvalue weighted by Gasteiger charge is 2.16. The molecule has 0 aliphatic carbocycles. The van der Waals surface area contributed by atoms with Gasteiger partial charge in [-0.15, -0.1) is 0 Å². The zero-order valence-electron chi connectivity index (χ0n) is 14.9. The Bertz CT molecular complexity index is 1080. The Morgan fingerprint density at radius 3 is 2.33 bits per heavy atom. The normalized spacial score (nSPS) is 11.0. The average molecular weight is 381 g/mol. The van der Waals surface area contributed by atoms with Crippen LogP contribution in [0.3, 0.4) is 0 Å². The molecule has 6 nitrogen and oxygen atoms in total. The van der Waals surface area contributed by atoms with E-state index in [0.29, 0.717) is 17.1 Å². The van der Waals surface area contributed by atoms with E-state index in [9.17, 15) is 13.2 Å². The fourth-order valence-corrected chi connectivity index (χ4v) is 3.60. The molecule has 0 saturated heterocycles.